The largest absolute Gasteiger partial charge is 0.494 e. The zero-order chi connectivity index (χ0) is 22.2. The van der Waals surface area contributed by atoms with Gasteiger partial charge in [-0.2, -0.15) is 0 Å². The lowest BCUT2D eigenvalue weighted by molar-refractivity contribution is -0.142. The van der Waals surface area contributed by atoms with Gasteiger partial charge in [-0.15, -0.1) is 0 Å². The summed E-state index contributed by atoms with van der Waals surface area (Å²) in [6.07, 6.45) is 4.66. The Morgan fingerprint density at radius 3 is 2.61 bits per heavy atom. The van der Waals surface area contributed by atoms with Crippen LogP contribution in [0.25, 0.3) is 6.08 Å². The fraction of sp³-hybridized carbons (Fsp3) is 0.250. The second-order valence-electron chi connectivity index (χ2n) is 6.94. The van der Waals surface area contributed by atoms with Crippen molar-refractivity contribution in [1.29, 1.82) is 0 Å². The molecular formula is C24H26N2O5. The lowest BCUT2D eigenvalue weighted by atomic mass is 10.2. The van der Waals surface area contributed by atoms with Gasteiger partial charge in [0, 0.05) is 23.2 Å². The number of carbonyl (C=O) groups is 2. The average molecular weight is 422 g/mol. The molecule has 31 heavy (non-hydrogen) atoms. The van der Waals surface area contributed by atoms with E-state index in [1.54, 1.807) is 36.6 Å². The van der Waals surface area contributed by atoms with Crippen molar-refractivity contribution in [3.8, 4) is 5.75 Å². The maximum atomic E-state index is 12.0. The highest BCUT2D eigenvalue weighted by molar-refractivity contribution is 5.94. The Bertz CT molecular complexity index is 1050. The third-order valence-corrected chi connectivity index (χ3v) is 4.70. The monoisotopic (exact) mass is 422 g/mol. The fourth-order valence-corrected chi connectivity index (χ4v) is 3.14. The zero-order valence-electron chi connectivity index (χ0n) is 17.9. The van der Waals surface area contributed by atoms with Crippen LogP contribution in [0.15, 0.2) is 59.2 Å². The van der Waals surface area contributed by atoms with Gasteiger partial charge in [-0.25, -0.2) is 4.79 Å². The van der Waals surface area contributed by atoms with Gasteiger partial charge in [-0.3, -0.25) is 4.79 Å². The number of amides is 1. The molecule has 3 aromatic rings. The number of ether oxygens (including phenoxy) is 2. The van der Waals surface area contributed by atoms with E-state index in [0.717, 1.165) is 28.5 Å². The number of nitrogens with one attached hydrogen (secondary N) is 1. The molecule has 7 nitrogen and oxygen atoms in total. The third kappa shape index (κ3) is 6.12. The molecule has 0 aliphatic rings. The molecule has 0 fully saturated rings. The molecule has 1 amide bonds. The van der Waals surface area contributed by atoms with Crippen molar-refractivity contribution in [2.24, 2.45) is 0 Å². The SMILES string of the molecule is CCOc1ccc(NC(=O)COC(=O)/C=C/c2cc(C)n(Cc3ccco3)c2C)cc1. The van der Waals surface area contributed by atoms with Gasteiger partial charge in [0.15, 0.2) is 6.61 Å². The van der Waals surface area contributed by atoms with E-state index >= 15 is 0 Å². The lowest BCUT2D eigenvalue weighted by Gasteiger charge is -2.07. The first kappa shape index (κ1) is 22.0. The predicted molar refractivity (Wildman–Crippen MR) is 118 cm³/mol. The van der Waals surface area contributed by atoms with Crippen LogP contribution in [-0.2, 0) is 20.9 Å². The molecule has 3 rings (SSSR count). The number of esters is 1. The number of carbonyl (C=O) groups excluding carboxylic acids is 2. The summed E-state index contributed by atoms with van der Waals surface area (Å²) in [5.74, 6) is 0.580. The summed E-state index contributed by atoms with van der Waals surface area (Å²) in [5, 5.41) is 2.67. The molecular weight excluding hydrogens is 396 g/mol. The lowest BCUT2D eigenvalue weighted by Crippen LogP contribution is -2.20. The number of aryl methyl sites for hydroxylation is 1. The number of hydrogen-bond acceptors (Lipinski definition) is 5. The summed E-state index contributed by atoms with van der Waals surface area (Å²) >= 11 is 0. The molecule has 7 heteroatoms. The van der Waals surface area contributed by atoms with Gasteiger partial charge in [-0.05, 0) is 74.9 Å². The molecule has 2 heterocycles. The second-order valence-corrected chi connectivity index (χ2v) is 6.94. The van der Waals surface area contributed by atoms with Crippen molar-refractivity contribution in [2.45, 2.75) is 27.3 Å². The second kappa shape index (κ2) is 10.3. The standard InChI is InChI=1S/C24H26N2O5/c1-4-29-21-10-8-20(9-11-21)25-23(27)16-31-24(28)12-7-19-14-17(2)26(18(19)3)15-22-6-5-13-30-22/h5-14H,4,15-16H2,1-3H3,(H,25,27)/b12-7+. The maximum Gasteiger partial charge on any atom is 0.331 e. The Kier molecular flexibility index (Phi) is 7.32. The summed E-state index contributed by atoms with van der Waals surface area (Å²) < 4.78 is 17.9. The first-order valence-corrected chi connectivity index (χ1v) is 10.0. The van der Waals surface area contributed by atoms with Crippen LogP contribution in [0.3, 0.4) is 0 Å². The summed E-state index contributed by atoms with van der Waals surface area (Å²) in [6.45, 7) is 6.70. The van der Waals surface area contributed by atoms with E-state index in [9.17, 15) is 9.59 Å². The summed E-state index contributed by atoms with van der Waals surface area (Å²) in [6, 6.07) is 12.7. The Morgan fingerprint density at radius 1 is 1.16 bits per heavy atom. The highest BCUT2D eigenvalue weighted by atomic mass is 16.5. The molecule has 0 radical (unpaired) electrons. The topological polar surface area (TPSA) is 82.7 Å². The smallest absolute Gasteiger partial charge is 0.331 e. The minimum absolute atomic E-state index is 0.367. The average Bonchev–Trinajstić information content (AvgIpc) is 3.36. The Morgan fingerprint density at radius 2 is 1.94 bits per heavy atom. The van der Waals surface area contributed by atoms with Gasteiger partial charge in [0.2, 0.25) is 0 Å². The Labute approximate surface area is 181 Å². The summed E-state index contributed by atoms with van der Waals surface area (Å²) in [7, 11) is 0. The molecule has 0 saturated heterocycles. The number of hydrogen-bond donors (Lipinski definition) is 1. The molecule has 0 bridgehead atoms. The minimum atomic E-state index is -0.585. The van der Waals surface area contributed by atoms with E-state index in [4.69, 9.17) is 13.9 Å². The number of furan rings is 1. The molecule has 0 aliphatic heterocycles. The van der Waals surface area contributed by atoms with Crippen LogP contribution in [0.1, 0.15) is 29.6 Å². The van der Waals surface area contributed by atoms with E-state index in [1.165, 1.54) is 6.08 Å². The number of nitrogens with zero attached hydrogens (tertiary/aromatic N) is 1. The van der Waals surface area contributed by atoms with Crippen LogP contribution >= 0.6 is 0 Å². The molecule has 1 N–H and O–H groups in total. The normalized spacial score (nSPS) is 10.9. The zero-order valence-corrected chi connectivity index (χ0v) is 17.9. The van der Waals surface area contributed by atoms with E-state index in [0.29, 0.717) is 18.8 Å². The number of benzene rings is 1. The Balaban J connectivity index is 1.50. The van der Waals surface area contributed by atoms with Gasteiger partial charge in [0.25, 0.3) is 5.91 Å². The van der Waals surface area contributed by atoms with Crippen molar-refractivity contribution < 1.29 is 23.5 Å². The maximum absolute atomic E-state index is 12.0. The first-order valence-electron chi connectivity index (χ1n) is 10.0. The van der Waals surface area contributed by atoms with E-state index in [-0.39, 0.29) is 6.61 Å². The van der Waals surface area contributed by atoms with Crippen LogP contribution in [0, 0.1) is 13.8 Å². The van der Waals surface area contributed by atoms with Gasteiger partial charge >= 0.3 is 5.97 Å². The summed E-state index contributed by atoms with van der Waals surface area (Å²) in [4.78, 5) is 24.0. The van der Waals surface area contributed by atoms with Crippen LogP contribution in [0.4, 0.5) is 5.69 Å². The van der Waals surface area contributed by atoms with Crippen LogP contribution in [-0.4, -0.2) is 29.7 Å². The van der Waals surface area contributed by atoms with Crippen molar-refractivity contribution in [3.63, 3.8) is 0 Å². The summed E-state index contributed by atoms with van der Waals surface area (Å²) in [5.41, 5.74) is 3.56. The van der Waals surface area contributed by atoms with E-state index < -0.39 is 11.9 Å². The van der Waals surface area contributed by atoms with Crippen molar-refractivity contribution in [2.75, 3.05) is 18.5 Å². The first-order chi connectivity index (χ1) is 15.0. The minimum Gasteiger partial charge on any atom is -0.494 e. The molecule has 162 valence electrons. The fourth-order valence-electron chi connectivity index (χ4n) is 3.14. The molecule has 0 spiro atoms. The van der Waals surface area contributed by atoms with E-state index in [1.807, 2.05) is 39.0 Å². The van der Waals surface area contributed by atoms with Crippen molar-refractivity contribution >= 4 is 23.6 Å². The highest BCUT2D eigenvalue weighted by Crippen LogP contribution is 2.19. The molecule has 0 aliphatic carbocycles. The van der Waals surface area contributed by atoms with Gasteiger partial charge in [0.05, 0.1) is 19.4 Å². The van der Waals surface area contributed by atoms with E-state index in [2.05, 4.69) is 9.88 Å². The predicted octanol–water partition coefficient (Wildman–Crippen LogP) is 4.34. The van der Waals surface area contributed by atoms with Gasteiger partial charge in [0.1, 0.15) is 11.5 Å². The molecule has 0 unspecified atom stereocenters. The van der Waals surface area contributed by atoms with Crippen LogP contribution in [0.5, 0.6) is 5.75 Å². The number of aromatic nitrogens is 1. The van der Waals surface area contributed by atoms with Crippen molar-refractivity contribution in [3.05, 3.63) is 77.5 Å². The van der Waals surface area contributed by atoms with Crippen molar-refractivity contribution in [1.82, 2.24) is 4.57 Å². The molecule has 0 atom stereocenters. The van der Waals surface area contributed by atoms with Crippen LogP contribution < -0.4 is 10.1 Å². The third-order valence-electron chi connectivity index (χ3n) is 4.70. The molecule has 0 saturated carbocycles. The molecule has 2 aromatic heterocycles. The van der Waals surface area contributed by atoms with Crippen LogP contribution in [0.2, 0.25) is 0 Å². The number of anilines is 1. The van der Waals surface area contributed by atoms with Gasteiger partial charge < -0.3 is 23.8 Å². The molecule has 1 aromatic carbocycles. The quantitative estimate of drug-likeness (QED) is 0.410. The van der Waals surface area contributed by atoms with Gasteiger partial charge in [-0.1, -0.05) is 0 Å². The Hall–Kier alpha value is -3.74. The highest BCUT2D eigenvalue weighted by Gasteiger charge is 2.10. The number of rotatable bonds is 9.